The number of fused-ring (bicyclic) bond motifs is 1. The molecule has 1 aromatic carbocycles. The first-order valence-electron chi connectivity index (χ1n) is 14.0. The van der Waals surface area contributed by atoms with Crippen LogP contribution in [0.5, 0.6) is 5.75 Å². The number of anilines is 1. The summed E-state index contributed by atoms with van der Waals surface area (Å²) in [6, 6.07) is 12.8. The first-order valence-corrected chi connectivity index (χ1v) is 14.0. The van der Waals surface area contributed by atoms with Crippen molar-refractivity contribution in [1.29, 1.82) is 0 Å². The number of piperazine rings is 1. The van der Waals surface area contributed by atoms with E-state index in [0.29, 0.717) is 11.6 Å². The Bertz CT molecular complexity index is 1430. The smallest absolute Gasteiger partial charge is 0.253 e. The van der Waals surface area contributed by atoms with Crippen LogP contribution in [0.1, 0.15) is 36.3 Å². The molecular formula is C29H37N9O. The van der Waals surface area contributed by atoms with Crippen LogP contribution >= 0.6 is 0 Å². The second kappa shape index (κ2) is 10.9. The molecule has 204 valence electrons. The molecule has 10 heteroatoms. The van der Waals surface area contributed by atoms with Crippen molar-refractivity contribution in [3.05, 3.63) is 59.3 Å². The average molecular weight is 528 g/mol. The largest absolute Gasteiger partial charge is 0.485 e. The molecule has 0 bridgehead atoms. The van der Waals surface area contributed by atoms with Gasteiger partial charge < -0.3 is 14.5 Å². The van der Waals surface area contributed by atoms with Gasteiger partial charge in [-0.1, -0.05) is 19.1 Å². The highest BCUT2D eigenvalue weighted by Crippen LogP contribution is 2.29. The molecule has 4 aromatic rings. The fraction of sp³-hybridized carbons (Fsp3) is 0.483. The zero-order valence-electron chi connectivity index (χ0n) is 23.3. The number of likely N-dealkylation sites (N-methyl/N-ethyl adjacent to an activating group) is 1. The quantitative estimate of drug-likeness (QED) is 0.359. The Balaban J connectivity index is 1.06. The van der Waals surface area contributed by atoms with Crippen molar-refractivity contribution in [1.82, 2.24) is 39.6 Å². The summed E-state index contributed by atoms with van der Waals surface area (Å²) in [5.74, 6) is 2.13. The topological polar surface area (TPSA) is 87.8 Å². The molecule has 0 N–H and O–H groups in total. The van der Waals surface area contributed by atoms with Gasteiger partial charge in [-0.25, -0.2) is 4.98 Å². The molecule has 6 rings (SSSR count). The lowest BCUT2D eigenvalue weighted by Crippen LogP contribution is -2.45. The van der Waals surface area contributed by atoms with Gasteiger partial charge in [0.25, 0.3) is 5.78 Å². The minimum absolute atomic E-state index is 0.0919. The Labute approximate surface area is 229 Å². The molecule has 0 aliphatic carbocycles. The van der Waals surface area contributed by atoms with Crippen molar-refractivity contribution in [2.24, 2.45) is 0 Å². The Kier molecular flexibility index (Phi) is 7.14. The predicted octanol–water partition coefficient (Wildman–Crippen LogP) is 3.30. The summed E-state index contributed by atoms with van der Waals surface area (Å²) >= 11 is 0. The van der Waals surface area contributed by atoms with Crippen molar-refractivity contribution in [2.75, 3.05) is 50.7 Å². The number of hydrogen-bond donors (Lipinski definition) is 0. The third-order valence-corrected chi connectivity index (χ3v) is 7.91. The van der Waals surface area contributed by atoms with Crippen LogP contribution in [-0.4, -0.2) is 91.5 Å². The van der Waals surface area contributed by atoms with Crippen LogP contribution in [0.4, 0.5) is 5.69 Å². The summed E-state index contributed by atoms with van der Waals surface area (Å²) in [5.41, 5.74) is 5.99. The van der Waals surface area contributed by atoms with E-state index in [1.54, 1.807) is 4.52 Å². The summed E-state index contributed by atoms with van der Waals surface area (Å²) in [4.78, 5) is 16.3. The van der Waals surface area contributed by atoms with Gasteiger partial charge in [0.2, 0.25) is 0 Å². The van der Waals surface area contributed by atoms with E-state index >= 15 is 0 Å². The summed E-state index contributed by atoms with van der Waals surface area (Å²) in [7, 11) is 0. The molecular weight excluding hydrogens is 490 g/mol. The van der Waals surface area contributed by atoms with Gasteiger partial charge in [0.15, 0.2) is 5.75 Å². The average Bonchev–Trinajstić information content (AvgIpc) is 3.58. The van der Waals surface area contributed by atoms with Gasteiger partial charge in [0.05, 0.1) is 29.3 Å². The maximum Gasteiger partial charge on any atom is 0.253 e. The van der Waals surface area contributed by atoms with Crippen molar-refractivity contribution in [3.8, 4) is 17.0 Å². The molecule has 0 spiro atoms. The minimum Gasteiger partial charge on any atom is -0.485 e. The Morgan fingerprint density at radius 1 is 0.872 bits per heavy atom. The molecule has 5 heterocycles. The zero-order valence-corrected chi connectivity index (χ0v) is 23.3. The third kappa shape index (κ3) is 5.44. The molecule has 39 heavy (non-hydrogen) atoms. The van der Waals surface area contributed by atoms with Crippen LogP contribution in [0.2, 0.25) is 0 Å². The maximum atomic E-state index is 6.46. The summed E-state index contributed by atoms with van der Waals surface area (Å²) < 4.78 is 8.23. The van der Waals surface area contributed by atoms with E-state index in [1.807, 2.05) is 20.8 Å². The first-order chi connectivity index (χ1) is 19.0. The minimum atomic E-state index is 0.0919. The highest BCUT2D eigenvalue weighted by molar-refractivity contribution is 5.63. The standard InChI is InChI=1S/C29H37N9O/c1-5-35-14-16-36(17-15-35)18-24-8-11-27(33-32-24)23-6-9-25(10-7-23)37-13-12-26(19-37)39-28-20(2)30-29-31-22(4)34-38(29)21(28)3/h6-11,26H,5,12-19H2,1-4H3. The molecule has 3 aromatic heterocycles. The number of hydrogen-bond acceptors (Lipinski definition) is 9. The highest BCUT2D eigenvalue weighted by atomic mass is 16.5. The fourth-order valence-electron chi connectivity index (χ4n) is 5.59. The number of rotatable bonds is 7. The molecule has 2 aliphatic rings. The van der Waals surface area contributed by atoms with Crippen LogP contribution in [0.25, 0.3) is 17.0 Å². The lowest BCUT2D eigenvalue weighted by Gasteiger charge is -2.33. The Morgan fingerprint density at radius 2 is 1.64 bits per heavy atom. The van der Waals surface area contributed by atoms with E-state index in [2.05, 4.69) is 83.3 Å². The van der Waals surface area contributed by atoms with Gasteiger partial charge in [-0.05, 0) is 51.6 Å². The van der Waals surface area contributed by atoms with Gasteiger partial charge in [0.1, 0.15) is 11.9 Å². The number of benzene rings is 1. The number of ether oxygens (including phenoxy) is 1. The molecule has 0 amide bonds. The van der Waals surface area contributed by atoms with E-state index < -0.39 is 0 Å². The molecule has 2 aliphatic heterocycles. The third-order valence-electron chi connectivity index (χ3n) is 7.91. The van der Waals surface area contributed by atoms with Gasteiger partial charge in [-0.3, -0.25) is 4.90 Å². The van der Waals surface area contributed by atoms with Crippen LogP contribution in [-0.2, 0) is 6.54 Å². The summed E-state index contributed by atoms with van der Waals surface area (Å²) in [5, 5.41) is 13.5. The second-order valence-electron chi connectivity index (χ2n) is 10.6. The molecule has 2 saturated heterocycles. The maximum absolute atomic E-state index is 6.46. The molecule has 10 nitrogen and oxygen atoms in total. The van der Waals surface area contributed by atoms with Crippen LogP contribution in [0, 0.1) is 20.8 Å². The predicted molar refractivity (Wildman–Crippen MR) is 151 cm³/mol. The number of aromatic nitrogens is 6. The number of aryl methyl sites for hydroxylation is 3. The number of nitrogens with zero attached hydrogens (tertiary/aromatic N) is 9. The van der Waals surface area contributed by atoms with Crippen LogP contribution in [0.3, 0.4) is 0 Å². The molecule has 1 unspecified atom stereocenters. The zero-order chi connectivity index (χ0) is 26.9. The summed E-state index contributed by atoms with van der Waals surface area (Å²) in [6.45, 7) is 16.3. The second-order valence-corrected chi connectivity index (χ2v) is 10.6. The SMILES string of the molecule is CCN1CCN(Cc2ccc(-c3ccc(N4CCC(Oc5c(C)nc6nc(C)nn6c5C)C4)cc3)nn2)CC1. The van der Waals surface area contributed by atoms with Gasteiger partial charge >= 0.3 is 0 Å². The lowest BCUT2D eigenvalue weighted by molar-refractivity contribution is 0.130. The monoisotopic (exact) mass is 527 g/mol. The van der Waals surface area contributed by atoms with Crippen molar-refractivity contribution >= 4 is 11.5 Å². The first kappa shape index (κ1) is 25.6. The summed E-state index contributed by atoms with van der Waals surface area (Å²) in [6.07, 6.45) is 1.05. The van der Waals surface area contributed by atoms with Gasteiger partial charge in [-0.2, -0.15) is 19.7 Å². The van der Waals surface area contributed by atoms with Crippen molar-refractivity contribution < 1.29 is 4.74 Å². The van der Waals surface area contributed by atoms with Gasteiger partial charge in [0, 0.05) is 56.9 Å². The van der Waals surface area contributed by atoms with Crippen LogP contribution < -0.4 is 9.64 Å². The van der Waals surface area contributed by atoms with E-state index in [4.69, 9.17) is 4.74 Å². The van der Waals surface area contributed by atoms with E-state index in [0.717, 1.165) is 92.9 Å². The van der Waals surface area contributed by atoms with E-state index in [1.165, 1.54) is 5.69 Å². The molecule has 2 fully saturated rings. The lowest BCUT2D eigenvalue weighted by atomic mass is 10.1. The highest BCUT2D eigenvalue weighted by Gasteiger charge is 2.26. The van der Waals surface area contributed by atoms with Crippen molar-refractivity contribution in [2.45, 2.75) is 46.8 Å². The normalized spacial score (nSPS) is 18.8. The van der Waals surface area contributed by atoms with Crippen molar-refractivity contribution in [3.63, 3.8) is 0 Å². The Morgan fingerprint density at radius 3 is 2.36 bits per heavy atom. The molecule has 1 atom stereocenters. The fourth-order valence-corrected chi connectivity index (χ4v) is 5.59. The van der Waals surface area contributed by atoms with Crippen LogP contribution in [0.15, 0.2) is 36.4 Å². The Hall–Kier alpha value is -3.63. The van der Waals surface area contributed by atoms with E-state index in [9.17, 15) is 0 Å². The van der Waals surface area contributed by atoms with Gasteiger partial charge in [-0.15, -0.1) is 5.10 Å². The van der Waals surface area contributed by atoms with E-state index in [-0.39, 0.29) is 6.10 Å². The molecule has 0 saturated carbocycles. The molecule has 0 radical (unpaired) electrons.